The second-order valence-electron chi connectivity index (χ2n) is 7.25. The number of ether oxygens (including phenoxy) is 2. The first-order chi connectivity index (χ1) is 15.0. The first-order valence-electron chi connectivity index (χ1n) is 9.87. The van der Waals surface area contributed by atoms with Crippen LogP contribution >= 0.6 is 0 Å². The fourth-order valence-electron chi connectivity index (χ4n) is 3.67. The van der Waals surface area contributed by atoms with Crippen LogP contribution in [0.3, 0.4) is 0 Å². The van der Waals surface area contributed by atoms with E-state index in [0.29, 0.717) is 0 Å². The number of alkyl carbamates (subject to hydrolysis) is 1. The quantitative estimate of drug-likeness (QED) is 0.594. The molecule has 0 fully saturated rings. The average Bonchev–Trinajstić information content (AvgIpc) is 3.11. The number of fused-ring (bicyclic) bond motifs is 3. The van der Waals surface area contributed by atoms with Gasteiger partial charge in [0.25, 0.3) is 0 Å². The zero-order chi connectivity index (χ0) is 21.8. The smallest absolute Gasteiger partial charge is 0.407 e. The molecule has 0 heterocycles. The maximum atomic E-state index is 13.2. The van der Waals surface area contributed by atoms with Gasteiger partial charge in [-0.2, -0.15) is 0 Å². The minimum absolute atomic E-state index is 0.0558. The minimum Gasteiger partial charge on any atom is -0.491 e. The number of hydrogen-bond acceptors (Lipinski definition) is 4. The molecule has 1 aliphatic carbocycles. The van der Waals surface area contributed by atoms with Crippen molar-refractivity contribution in [1.82, 2.24) is 5.32 Å². The summed E-state index contributed by atoms with van der Waals surface area (Å²) in [6.07, 6.45) is -1.71. The Bertz CT molecular complexity index is 1040. The molecule has 7 heteroatoms. The van der Waals surface area contributed by atoms with Crippen molar-refractivity contribution < 1.29 is 28.2 Å². The van der Waals surface area contributed by atoms with Crippen molar-refractivity contribution in [3.63, 3.8) is 0 Å². The van der Waals surface area contributed by atoms with Crippen LogP contribution in [0.1, 0.15) is 17.0 Å². The van der Waals surface area contributed by atoms with Crippen LogP contribution in [0.4, 0.5) is 13.6 Å². The molecule has 5 nitrogen and oxygen atoms in total. The molecular formula is C24H21F2NO4. The van der Waals surface area contributed by atoms with Gasteiger partial charge in [0.1, 0.15) is 25.1 Å². The molecule has 1 aliphatic rings. The molecule has 0 spiro atoms. The number of hydrogen-bond donors (Lipinski definition) is 2. The lowest BCUT2D eigenvalue weighted by Crippen LogP contribution is -2.36. The van der Waals surface area contributed by atoms with Crippen LogP contribution in [0.2, 0.25) is 0 Å². The van der Waals surface area contributed by atoms with Crippen molar-refractivity contribution in [2.75, 3.05) is 19.8 Å². The van der Waals surface area contributed by atoms with E-state index in [0.717, 1.165) is 34.4 Å². The number of rotatable bonds is 7. The van der Waals surface area contributed by atoms with Gasteiger partial charge < -0.3 is 19.9 Å². The van der Waals surface area contributed by atoms with Gasteiger partial charge in [0.05, 0.1) is 6.54 Å². The molecule has 0 saturated carbocycles. The van der Waals surface area contributed by atoms with E-state index in [1.165, 1.54) is 6.07 Å². The Morgan fingerprint density at radius 3 is 2.26 bits per heavy atom. The standard InChI is InChI=1S/C24H21F2NO4/c25-22-10-9-16(11-23(22)26)30-13-15(28)12-27-24(29)31-14-21-19-7-3-1-5-17(19)18-6-2-4-8-20(18)21/h1-11,15,21,28H,12-14H2,(H,27,29). The fourth-order valence-corrected chi connectivity index (χ4v) is 3.67. The lowest BCUT2D eigenvalue weighted by atomic mass is 9.98. The molecule has 3 aromatic carbocycles. The van der Waals surface area contributed by atoms with E-state index >= 15 is 0 Å². The summed E-state index contributed by atoms with van der Waals surface area (Å²) in [7, 11) is 0. The molecule has 1 amide bonds. The van der Waals surface area contributed by atoms with E-state index in [2.05, 4.69) is 17.4 Å². The summed E-state index contributed by atoms with van der Waals surface area (Å²) in [5.74, 6) is -1.99. The van der Waals surface area contributed by atoms with Crippen molar-refractivity contribution in [1.29, 1.82) is 0 Å². The summed E-state index contributed by atoms with van der Waals surface area (Å²) in [6, 6.07) is 19.1. The second kappa shape index (κ2) is 9.14. The molecule has 0 saturated heterocycles. The van der Waals surface area contributed by atoms with Crippen LogP contribution < -0.4 is 10.1 Å². The maximum Gasteiger partial charge on any atom is 0.407 e. The van der Waals surface area contributed by atoms with Crippen LogP contribution in [-0.2, 0) is 4.74 Å². The summed E-state index contributed by atoms with van der Waals surface area (Å²) in [5.41, 5.74) is 4.49. The summed E-state index contributed by atoms with van der Waals surface area (Å²) in [6.45, 7) is -0.142. The lowest BCUT2D eigenvalue weighted by molar-refractivity contribution is 0.0972. The molecule has 1 unspecified atom stereocenters. The zero-order valence-corrected chi connectivity index (χ0v) is 16.6. The van der Waals surface area contributed by atoms with Crippen LogP contribution in [0.15, 0.2) is 66.7 Å². The third-order valence-electron chi connectivity index (χ3n) is 5.16. The van der Waals surface area contributed by atoms with Crippen LogP contribution in [0.25, 0.3) is 11.1 Å². The van der Waals surface area contributed by atoms with Gasteiger partial charge in [0.15, 0.2) is 11.6 Å². The predicted octanol–water partition coefficient (Wildman–Crippen LogP) is 4.24. The third kappa shape index (κ3) is 4.67. The number of amides is 1. The highest BCUT2D eigenvalue weighted by Crippen LogP contribution is 2.44. The van der Waals surface area contributed by atoms with Crippen molar-refractivity contribution >= 4 is 6.09 Å². The van der Waals surface area contributed by atoms with E-state index in [4.69, 9.17) is 9.47 Å². The van der Waals surface area contributed by atoms with Gasteiger partial charge in [-0.3, -0.25) is 0 Å². The van der Waals surface area contributed by atoms with Crippen molar-refractivity contribution in [2.45, 2.75) is 12.0 Å². The van der Waals surface area contributed by atoms with Crippen molar-refractivity contribution in [3.8, 4) is 16.9 Å². The molecule has 160 valence electrons. The first-order valence-corrected chi connectivity index (χ1v) is 9.87. The fraction of sp³-hybridized carbons (Fsp3) is 0.208. The number of carbonyl (C=O) groups is 1. The average molecular weight is 425 g/mol. The van der Waals surface area contributed by atoms with Gasteiger partial charge in [0.2, 0.25) is 0 Å². The molecule has 31 heavy (non-hydrogen) atoms. The van der Waals surface area contributed by atoms with E-state index in [9.17, 15) is 18.7 Å². The molecule has 1 atom stereocenters. The topological polar surface area (TPSA) is 67.8 Å². The van der Waals surface area contributed by atoms with E-state index in [1.54, 1.807) is 0 Å². The summed E-state index contributed by atoms with van der Waals surface area (Å²) >= 11 is 0. The van der Waals surface area contributed by atoms with Crippen LogP contribution in [0.5, 0.6) is 5.75 Å². The summed E-state index contributed by atoms with van der Waals surface area (Å²) < 4.78 is 36.7. The normalized spacial score (nSPS) is 13.3. The number of aliphatic hydroxyl groups is 1. The van der Waals surface area contributed by atoms with Gasteiger partial charge >= 0.3 is 6.09 Å². The van der Waals surface area contributed by atoms with E-state index < -0.39 is 23.8 Å². The largest absolute Gasteiger partial charge is 0.491 e. The molecular weight excluding hydrogens is 404 g/mol. The SMILES string of the molecule is O=C(NCC(O)COc1ccc(F)c(F)c1)OCC1c2ccccc2-c2ccccc21. The summed E-state index contributed by atoms with van der Waals surface area (Å²) in [5, 5.41) is 12.4. The number of halogens is 2. The maximum absolute atomic E-state index is 13.2. The van der Waals surface area contributed by atoms with Crippen molar-refractivity contribution in [3.05, 3.63) is 89.5 Å². The Kier molecular flexibility index (Phi) is 6.13. The molecule has 2 N–H and O–H groups in total. The Hall–Kier alpha value is -3.45. The molecule has 0 bridgehead atoms. The Morgan fingerprint density at radius 1 is 0.968 bits per heavy atom. The molecule has 0 radical (unpaired) electrons. The highest BCUT2D eigenvalue weighted by Gasteiger charge is 2.29. The molecule has 0 aliphatic heterocycles. The number of carbonyl (C=O) groups excluding carboxylic acids is 1. The number of aliphatic hydroxyl groups excluding tert-OH is 1. The predicted molar refractivity (Wildman–Crippen MR) is 111 cm³/mol. The monoisotopic (exact) mass is 425 g/mol. The van der Waals surface area contributed by atoms with Gasteiger partial charge in [-0.15, -0.1) is 0 Å². The molecule has 4 rings (SSSR count). The van der Waals surface area contributed by atoms with Gasteiger partial charge in [-0.05, 0) is 34.4 Å². The van der Waals surface area contributed by atoms with Crippen molar-refractivity contribution in [2.24, 2.45) is 0 Å². The lowest BCUT2D eigenvalue weighted by Gasteiger charge is -2.16. The van der Waals surface area contributed by atoms with E-state index in [1.807, 2.05) is 36.4 Å². The van der Waals surface area contributed by atoms with Crippen LogP contribution in [0, 0.1) is 11.6 Å². The number of benzene rings is 3. The van der Waals surface area contributed by atoms with Crippen LogP contribution in [-0.4, -0.2) is 37.1 Å². The van der Waals surface area contributed by atoms with Gasteiger partial charge in [-0.25, -0.2) is 13.6 Å². The zero-order valence-electron chi connectivity index (χ0n) is 16.6. The van der Waals surface area contributed by atoms with Gasteiger partial charge in [-0.1, -0.05) is 48.5 Å². The Balaban J connectivity index is 1.26. The summed E-state index contributed by atoms with van der Waals surface area (Å²) in [4.78, 5) is 12.1. The first kappa shape index (κ1) is 20.8. The number of nitrogens with one attached hydrogen (secondary N) is 1. The molecule has 3 aromatic rings. The minimum atomic E-state index is -1.05. The highest BCUT2D eigenvalue weighted by atomic mass is 19.2. The second-order valence-corrected chi connectivity index (χ2v) is 7.25. The highest BCUT2D eigenvalue weighted by molar-refractivity contribution is 5.79. The Labute approximate surface area is 178 Å². The third-order valence-corrected chi connectivity index (χ3v) is 5.16. The molecule has 0 aromatic heterocycles. The van der Waals surface area contributed by atoms with E-state index in [-0.39, 0.29) is 31.4 Å². The van der Waals surface area contributed by atoms with Gasteiger partial charge in [0, 0.05) is 12.0 Å². The Morgan fingerprint density at radius 2 is 1.61 bits per heavy atom.